The predicted octanol–water partition coefficient (Wildman–Crippen LogP) is 0.634. The van der Waals surface area contributed by atoms with Crippen LogP contribution in [0.4, 0.5) is 0 Å². The van der Waals surface area contributed by atoms with Crippen molar-refractivity contribution >= 4 is 5.97 Å². The molecule has 1 aliphatic rings. The molecule has 88 valence electrons. The molecule has 0 N–H and O–H groups in total. The second-order valence-electron chi connectivity index (χ2n) is 3.68. The molecule has 0 spiro atoms. The topological polar surface area (TPSA) is 66.2 Å². The number of esters is 1. The molecule has 2 heterocycles. The summed E-state index contributed by atoms with van der Waals surface area (Å²) in [6.45, 7) is 3.56. The molecule has 0 bridgehead atoms. The number of aromatic nitrogens is 3. The number of carbonyl (C=O) groups excluding carboxylic acids is 1. The van der Waals surface area contributed by atoms with Gasteiger partial charge in [0.1, 0.15) is 0 Å². The van der Waals surface area contributed by atoms with Gasteiger partial charge in [-0.25, -0.2) is 9.48 Å². The summed E-state index contributed by atoms with van der Waals surface area (Å²) in [7, 11) is 0. The lowest BCUT2D eigenvalue weighted by Crippen LogP contribution is -2.15. The Morgan fingerprint density at radius 1 is 1.75 bits per heavy atom. The van der Waals surface area contributed by atoms with Gasteiger partial charge in [-0.3, -0.25) is 0 Å². The molecule has 0 aliphatic carbocycles. The van der Waals surface area contributed by atoms with E-state index in [1.807, 2.05) is 0 Å². The first-order valence-corrected chi connectivity index (χ1v) is 5.48. The van der Waals surface area contributed by atoms with Crippen molar-refractivity contribution < 1.29 is 14.3 Å². The number of ether oxygens (including phenoxy) is 2. The van der Waals surface area contributed by atoms with E-state index >= 15 is 0 Å². The number of hydrogen-bond donors (Lipinski definition) is 0. The van der Waals surface area contributed by atoms with Gasteiger partial charge in [-0.1, -0.05) is 5.21 Å². The highest BCUT2D eigenvalue weighted by molar-refractivity contribution is 5.86. The van der Waals surface area contributed by atoms with Gasteiger partial charge in [0.2, 0.25) is 0 Å². The van der Waals surface area contributed by atoms with Crippen molar-refractivity contribution in [3.63, 3.8) is 0 Å². The Kier molecular flexibility index (Phi) is 3.51. The molecule has 0 aromatic carbocycles. The fourth-order valence-corrected chi connectivity index (χ4v) is 1.68. The van der Waals surface area contributed by atoms with Gasteiger partial charge < -0.3 is 9.47 Å². The van der Waals surface area contributed by atoms with Crippen LogP contribution in [0.5, 0.6) is 0 Å². The molecule has 16 heavy (non-hydrogen) atoms. The maximum atomic E-state index is 11.3. The Morgan fingerprint density at radius 2 is 2.62 bits per heavy atom. The maximum Gasteiger partial charge on any atom is 0.360 e. The van der Waals surface area contributed by atoms with Crippen molar-refractivity contribution in [2.45, 2.75) is 32.4 Å². The van der Waals surface area contributed by atoms with Crippen LogP contribution in [0.2, 0.25) is 0 Å². The summed E-state index contributed by atoms with van der Waals surface area (Å²) in [6, 6.07) is 0. The molecule has 0 radical (unpaired) electrons. The van der Waals surface area contributed by atoms with Gasteiger partial charge in [0.25, 0.3) is 0 Å². The molecule has 1 atom stereocenters. The molecular weight excluding hydrogens is 210 g/mol. The fourth-order valence-electron chi connectivity index (χ4n) is 1.68. The molecule has 0 amide bonds. The zero-order chi connectivity index (χ0) is 11.4. The number of hydrogen-bond acceptors (Lipinski definition) is 5. The van der Waals surface area contributed by atoms with Crippen LogP contribution in [0.1, 0.15) is 30.3 Å². The third-order valence-corrected chi connectivity index (χ3v) is 2.44. The lowest BCUT2D eigenvalue weighted by molar-refractivity contribution is 0.0519. The lowest BCUT2D eigenvalue weighted by Gasteiger charge is -2.07. The van der Waals surface area contributed by atoms with Crippen LogP contribution in [0.15, 0.2) is 6.20 Å². The standard InChI is InChI=1S/C10H15N3O3/c1-2-15-10(14)9-7-13(12-11-9)6-8-4-3-5-16-8/h7-8H,2-6H2,1H3/t8-/m0/s1. The van der Waals surface area contributed by atoms with E-state index in [4.69, 9.17) is 9.47 Å². The van der Waals surface area contributed by atoms with Gasteiger partial charge >= 0.3 is 5.97 Å². The SMILES string of the molecule is CCOC(=O)c1cn(C[C@@H]2CCCO2)nn1. The second kappa shape index (κ2) is 5.07. The summed E-state index contributed by atoms with van der Waals surface area (Å²) in [5.41, 5.74) is 0.250. The summed E-state index contributed by atoms with van der Waals surface area (Å²) in [4.78, 5) is 11.3. The van der Waals surface area contributed by atoms with Crippen LogP contribution in [0.25, 0.3) is 0 Å². The van der Waals surface area contributed by atoms with E-state index in [0.29, 0.717) is 13.2 Å². The predicted molar refractivity (Wildman–Crippen MR) is 55.0 cm³/mol. The van der Waals surface area contributed by atoms with Crippen molar-refractivity contribution in [3.8, 4) is 0 Å². The maximum absolute atomic E-state index is 11.3. The summed E-state index contributed by atoms with van der Waals surface area (Å²) >= 11 is 0. The van der Waals surface area contributed by atoms with Crippen LogP contribution >= 0.6 is 0 Å². The Labute approximate surface area is 93.5 Å². The summed E-state index contributed by atoms with van der Waals surface area (Å²) in [5.74, 6) is -0.430. The molecule has 6 nitrogen and oxygen atoms in total. The Morgan fingerprint density at radius 3 is 3.31 bits per heavy atom. The molecule has 1 aromatic rings. The van der Waals surface area contributed by atoms with Gasteiger partial charge in [0, 0.05) is 6.61 Å². The molecule has 1 aromatic heterocycles. The minimum Gasteiger partial charge on any atom is -0.461 e. The fraction of sp³-hybridized carbons (Fsp3) is 0.700. The van der Waals surface area contributed by atoms with E-state index < -0.39 is 5.97 Å². The summed E-state index contributed by atoms with van der Waals surface area (Å²) in [6.07, 6.45) is 3.91. The van der Waals surface area contributed by atoms with Gasteiger partial charge in [0.15, 0.2) is 5.69 Å². The average Bonchev–Trinajstić information content (AvgIpc) is 2.90. The number of nitrogens with zero attached hydrogens (tertiary/aromatic N) is 3. The Bertz CT molecular complexity index is 358. The van der Waals surface area contributed by atoms with Gasteiger partial charge in [-0.2, -0.15) is 0 Å². The van der Waals surface area contributed by atoms with E-state index in [1.165, 1.54) is 0 Å². The van der Waals surface area contributed by atoms with Crippen molar-refractivity contribution in [2.75, 3.05) is 13.2 Å². The molecule has 1 saturated heterocycles. The monoisotopic (exact) mass is 225 g/mol. The van der Waals surface area contributed by atoms with Crippen molar-refractivity contribution in [3.05, 3.63) is 11.9 Å². The smallest absolute Gasteiger partial charge is 0.360 e. The first-order chi connectivity index (χ1) is 7.79. The normalized spacial score (nSPS) is 19.9. The second-order valence-corrected chi connectivity index (χ2v) is 3.68. The number of carbonyl (C=O) groups is 1. The van der Waals surface area contributed by atoms with Crippen LogP contribution < -0.4 is 0 Å². The minimum absolute atomic E-state index is 0.191. The van der Waals surface area contributed by atoms with Crippen LogP contribution in [0, 0.1) is 0 Å². The van der Waals surface area contributed by atoms with Gasteiger partial charge in [-0.05, 0) is 19.8 Å². The highest BCUT2D eigenvalue weighted by atomic mass is 16.5. The molecule has 0 unspecified atom stereocenters. The van der Waals surface area contributed by atoms with E-state index in [-0.39, 0.29) is 11.8 Å². The van der Waals surface area contributed by atoms with E-state index in [1.54, 1.807) is 17.8 Å². The lowest BCUT2D eigenvalue weighted by atomic mass is 10.2. The first kappa shape index (κ1) is 11.1. The van der Waals surface area contributed by atoms with E-state index in [2.05, 4.69) is 10.3 Å². The first-order valence-electron chi connectivity index (χ1n) is 5.48. The van der Waals surface area contributed by atoms with Gasteiger partial charge in [0.05, 0.1) is 25.5 Å². The molecule has 0 saturated carbocycles. The molecule has 2 rings (SSSR count). The third-order valence-electron chi connectivity index (χ3n) is 2.44. The molecule has 6 heteroatoms. The summed E-state index contributed by atoms with van der Waals surface area (Å²) < 4.78 is 11.9. The van der Waals surface area contributed by atoms with Gasteiger partial charge in [-0.15, -0.1) is 5.10 Å². The molecular formula is C10H15N3O3. The quantitative estimate of drug-likeness (QED) is 0.703. The third kappa shape index (κ3) is 2.57. The van der Waals surface area contributed by atoms with E-state index in [0.717, 1.165) is 19.4 Å². The van der Waals surface area contributed by atoms with E-state index in [9.17, 15) is 4.79 Å². The minimum atomic E-state index is -0.430. The van der Waals surface area contributed by atoms with Crippen LogP contribution in [-0.2, 0) is 16.0 Å². The summed E-state index contributed by atoms with van der Waals surface area (Å²) in [5, 5.41) is 7.63. The highest BCUT2D eigenvalue weighted by Gasteiger charge is 2.18. The zero-order valence-electron chi connectivity index (χ0n) is 9.26. The zero-order valence-corrected chi connectivity index (χ0v) is 9.26. The number of rotatable bonds is 4. The van der Waals surface area contributed by atoms with Crippen LogP contribution in [-0.4, -0.2) is 40.3 Å². The largest absolute Gasteiger partial charge is 0.461 e. The van der Waals surface area contributed by atoms with Crippen molar-refractivity contribution in [2.24, 2.45) is 0 Å². The Balaban J connectivity index is 1.93. The van der Waals surface area contributed by atoms with Crippen molar-refractivity contribution in [1.82, 2.24) is 15.0 Å². The van der Waals surface area contributed by atoms with Crippen molar-refractivity contribution in [1.29, 1.82) is 0 Å². The molecule has 1 fully saturated rings. The highest BCUT2D eigenvalue weighted by Crippen LogP contribution is 2.13. The average molecular weight is 225 g/mol. The Hall–Kier alpha value is -1.43. The van der Waals surface area contributed by atoms with Crippen LogP contribution in [0.3, 0.4) is 0 Å². The molecule has 1 aliphatic heterocycles.